The van der Waals surface area contributed by atoms with Crippen molar-refractivity contribution in [2.75, 3.05) is 19.0 Å². The number of urea groups is 1. The van der Waals surface area contributed by atoms with Gasteiger partial charge in [0.1, 0.15) is 0 Å². The number of carbonyl (C=O) groups excluding carboxylic acids is 1. The number of hydrogen-bond acceptors (Lipinski definition) is 1. The zero-order chi connectivity index (χ0) is 10.3. The summed E-state index contributed by atoms with van der Waals surface area (Å²) in [7, 11) is 3.60. The zero-order valence-electron chi connectivity index (χ0n) is 8.12. The second kappa shape index (κ2) is 3.28. The van der Waals surface area contributed by atoms with Gasteiger partial charge >= 0.3 is 6.03 Å². The molecule has 14 heavy (non-hydrogen) atoms. The van der Waals surface area contributed by atoms with Gasteiger partial charge in [0.2, 0.25) is 0 Å². The van der Waals surface area contributed by atoms with Gasteiger partial charge in [-0.3, -0.25) is 4.90 Å². The van der Waals surface area contributed by atoms with Crippen LogP contribution in [0.4, 0.5) is 10.5 Å². The van der Waals surface area contributed by atoms with Crippen LogP contribution in [-0.4, -0.2) is 25.0 Å². The van der Waals surface area contributed by atoms with E-state index in [4.69, 9.17) is 0 Å². The maximum atomic E-state index is 11.6. The molecule has 1 aliphatic rings. The van der Waals surface area contributed by atoms with Crippen molar-refractivity contribution in [2.45, 2.75) is 6.54 Å². The zero-order valence-corrected chi connectivity index (χ0v) is 9.71. The minimum atomic E-state index is 0.0415. The molecule has 0 radical (unpaired) electrons. The van der Waals surface area contributed by atoms with Crippen molar-refractivity contribution in [2.24, 2.45) is 0 Å². The molecule has 1 aliphatic heterocycles. The van der Waals surface area contributed by atoms with Gasteiger partial charge in [-0.2, -0.15) is 0 Å². The molecule has 0 fully saturated rings. The largest absolute Gasteiger partial charge is 0.324 e. The summed E-state index contributed by atoms with van der Waals surface area (Å²) in [5.74, 6) is 0. The molecule has 1 aromatic rings. The summed E-state index contributed by atoms with van der Waals surface area (Å²) in [6.07, 6.45) is 0. The molecular formula is C10H11BrN2O. The molecule has 0 aromatic heterocycles. The van der Waals surface area contributed by atoms with E-state index in [0.717, 1.165) is 10.2 Å². The van der Waals surface area contributed by atoms with Crippen molar-refractivity contribution >= 4 is 27.6 Å². The van der Waals surface area contributed by atoms with Crippen LogP contribution in [0.1, 0.15) is 5.56 Å². The van der Waals surface area contributed by atoms with Crippen LogP contribution in [0.3, 0.4) is 0 Å². The molecule has 0 N–H and O–H groups in total. The lowest BCUT2D eigenvalue weighted by molar-refractivity contribution is 0.212. The van der Waals surface area contributed by atoms with Crippen molar-refractivity contribution < 1.29 is 4.79 Å². The van der Waals surface area contributed by atoms with E-state index in [0.29, 0.717) is 6.54 Å². The Bertz CT molecular complexity index is 392. The highest BCUT2D eigenvalue weighted by Gasteiger charge is 2.24. The number of amides is 2. The smallest absolute Gasteiger partial charge is 0.323 e. The van der Waals surface area contributed by atoms with E-state index in [1.54, 1.807) is 16.8 Å². The van der Waals surface area contributed by atoms with Crippen molar-refractivity contribution in [1.82, 2.24) is 4.90 Å². The van der Waals surface area contributed by atoms with E-state index in [9.17, 15) is 4.79 Å². The highest BCUT2D eigenvalue weighted by Crippen LogP contribution is 2.29. The van der Waals surface area contributed by atoms with Crippen molar-refractivity contribution in [1.29, 1.82) is 0 Å². The summed E-state index contributed by atoms with van der Waals surface area (Å²) in [4.78, 5) is 15.0. The summed E-state index contributed by atoms with van der Waals surface area (Å²) < 4.78 is 1.05. The normalized spacial score (nSPS) is 15.8. The second-order valence-electron chi connectivity index (χ2n) is 3.47. The summed E-state index contributed by atoms with van der Waals surface area (Å²) >= 11 is 3.42. The summed E-state index contributed by atoms with van der Waals surface area (Å²) in [5.41, 5.74) is 2.17. The lowest BCUT2D eigenvalue weighted by Crippen LogP contribution is -2.42. The number of halogens is 1. The van der Waals surface area contributed by atoms with Crippen molar-refractivity contribution in [3.63, 3.8) is 0 Å². The number of nitrogens with zero attached hydrogens (tertiary/aromatic N) is 2. The van der Waals surface area contributed by atoms with Gasteiger partial charge < -0.3 is 4.90 Å². The van der Waals surface area contributed by atoms with E-state index in [-0.39, 0.29) is 6.03 Å². The molecule has 0 aliphatic carbocycles. The molecule has 2 rings (SSSR count). The average molecular weight is 255 g/mol. The Morgan fingerprint density at radius 2 is 2.07 bits per heavy atom. The average Bonchev–Trinajstić information content (AvgIpc) is 2.14. The molecule has 74 valence electrons. The minimum Gasteiger partial charge on any atom is -0.323 e. The van der Waals surface area contributed by atoms with Crippen LogP contribution < -0.4 is 4.90 Å². The van der Waals surface area contributed by atoms with Gasteiger partial charge in [0.05, 0.1) is 5.69 Å². The van der Waals surface area contributed by atoms with Gasteiger partial charge in [0.25, 0.3) is 0 Å². The van der Waals surface area contributed by atoms with Crippen molar-refractivity contribution in [3.8, 4) is 0 Å². The molecule has 0 bridgehead atoms. The minimum absolute atomic E-state index is 0.0415. The molecule has 0 unspecified atom stereocenters. The molecule has 0 spiro atoms. The third kappa shape index (κ3) is 1.39. The van der Waals surface area contributed by atoms with Crippen LogP contribution in [0.25, 0.3) is 0 Å². The first-order chi connectivity index (χ1) is 6.59. The van der Waals surface area contributed by atoms with Crippen LogP contribution in [0.5, 0.6) is 0 Å². The molecular weight excluding hydrogens is 244 g/mol. The fourth-order valence-electron chi connectivity index (χ4n) is 1.69. The van der Waals surface area contributed by atoms with E-state index in [1.165, 1.54) is 5.56 Å². The number of rotatable bonds is 0. The summed E-state index contributed by atoms with van der Waals surface area (Å²) in [6.45, 7) is 0.679. The van der Waals surface area contributed by atoms with Gasteiger partial charge in [0.15, 0.2) is 0 Å². The molecule has 0 saturated carbocycles. The van der Waals surface area contributed by atoms with Gasteiger partial charge in [-0.25, -0.2) is 4.79 Å². The number of benzene rings is 1. The third-order valence-corrected chi connectivity index (χ3v) is 2.92. The lowest BCUT2D eigenvalue weighted by Gasteiger charge is -2.32. The Morgan fingerprint density at radius 3 is 2.79 bits per heavy atom. The molecule has 0 saturated heterocycles. The van der Waals surface area contributed by atoms with Gasteiger partial charge in [-0.1, -0.05) is 15.9 Å². The Morgan fingerprint density at radius 1 is 1.36 bits per heavy atom. The number of fused-ring (bicyclic) bond motifs is 1. The predicted octanol–water partition coefficient (Wildman–Crippen LogP) is 2.45. The quantitative estimate of drug-likeness (QED) is 0.698. The van der Waals surface area contributed by atoms with Gasteiger partial charge in [-0.15, -0.1) is 0 Å². The summed E-state index contributed by atoms with van der Waals surface area (Å²) in [6, 6.07) is 6.01. The topological polar surface area (TPSA) is 23.6 Å². The molecule has 1 heterocycles. The molecule has 2 amide bonds. The fraction of sp³-hybridized carbons (Fsp3) is 0.300. The van der Waals surface area contributed by atoms with E-state index >= 15 is 0 Å². The SMILES string of the molecule is CN1Cc2cc(Br)ccc2N(C)C1=O. The van der Waals surface area contributed by atoms with Crippen LogP contribution in [0.15, 0.2) is 22.7 Å². The van der Waals surface area contributed by atoms with E-state index in [2.05, 4.69) is 22.0 Å². The standard InChI is InChI=1S/C10H11BrN2O/c1-12-6-7-5-8(11)3-4-9(7)13(2)10(12)14/h3-5H,6H2,1-2H3. The highest BCUT2D eigenvalue weighted by molar-refractivity contribution is 9.10. The van der Waals surface area contributed by atoms with E-state index in [1.807, 2.05) is 19.2 Å². The van der Waals surface area contributed by atoms with Gasteiger partial charge in [0, 0.05) is 25.1 Å². The van der Waals surface area contributed by atoms with Crippen LogP contribution >= 0.6 is 15.9 Å². The van der Waals surface area contributed by atoms with Gasteiger partial charge in [-0.05, 0) is 23.8 Å². The number of carbonyl (C=O) groups is 1. The second-order valence-corrected chi connectivity index (χ2v) is 4.39. The van der Waals surface area contributed by atoms with Crippen molar-refractivity contribution in [3.05, 3.63) is 28.2 Å². The Labute approximate surface area is 91.4 Å². The Balaban J connectivity index is 2.50. The van der Waals surface area contributed by atoms with E-state index < -0.39 is 0 Å². The Hall–Kier alpha value is -1.03. The highest BCUT2D eigenvalue weighted by atomic mass is 79.9. The maximum absolute atomic E-state index is 11.6. The van der Waals surface area contributed by atoms with Crippen LogP contribution in [0.2, 0.25) is 0 Å². The monoisotopic (exact) mass is 254 g/mol. The molecule has 0 atom stereocenters. The number of anilines is 1. The Kier molecular flexibility index (Phi) is 2.23. The first-order valence-corrected chi connectivity index (χ1v) is 5.16. The molecule has 3 nitrogen and oxygen atoms in total. The number of hydrogen-bond donors (Lipinski definition) is 0. The summed E-state index contributed by atoms with van der Waals surface area (Å²) in [5, 5.41) is 0. The first kappa shape index (κ1) is 9.52. The third-order valence-electron chi connectivity index (χ3n) is 2.42. The first-order valence-electron chi connectivity index (χ1n) is 4.37. The molecule has 1 aromatic carbocycles. The van der Waals surface area contributed by atoms with Crippen LogP contribution in [-0.2, 0) is 6.54 Å². The molecule has 4 heteroatoms. The predicted molar refractivity (Wildman–Crippen MR) is 59.4 cm³/mol. The lowest BCUT2D eigenvalue weighted by atomic mass is 10.1. The maximum Gasteiger partial charge on any atom is 0.324 e. The fourth-order valence-corrected chi connectivity index (χ4v) is 2.10. The van der Waals surface area contributed by atoms with Crippen LogP contribution in [0, 0.1) is 0 Å².